The molecule has 3 N–H and O–H groups in total. The van der Waals surface area contributed by atoms with Crippen LogP contribution in [0.1, 0.15) is 39.5 Å². The summed E-state index contributed by atoms with van der Waals surface area (Å²) in [5.41, 5.74) is 5.18. The molecule has 1 aliphatic rings. The number of aliphatic hydroxyl groups excluding tert-OH is 1. The van der Waals surface area contributed by atoms with E-state index < -0.39 is 5.41 Å². The van der Waals surface area contributed by atoms with Gasteiger partial charge >= 0.3 is 0 Å². The molecule has 16 heavy (non-hydrogen) atoms. The van der Waals surface area contributed by atoms with E-state index in [4.69, 9.17) is 10.8 Å². The monoisotopic (exact) mass is 228 g/mol. The Balaban J connectivity index is 2.60. The average molecular weight is 228 g/mol. The Hall–Kier alpha value is -0.610. The second kappa shape index (κ2) is 5.64. The minimum Gasteiger partial charge on any atom is -0.396 e. The number of hydrogen-bond donors (Lipinski definition) is 2. The standard InChI is InChI=1S/C12H24N2O2/c1-12(2,9-13)11(16)14-7-3-5-10(14)6-4-8-15/h10,15H,3-9,13H2,1-2H3. The fourth-order valence-corrected chi connectivity index (χ4v) is 2.21. The lowest BCUT2D eigenvalue weighted by molar-refractivity contribution is -0.140. The van der Waals surface area contributed by atoms with Crippen molar-refractivity contribution in [2.75, 3.05) is 19.7 Å². The number of nitrogens with two attached hydrogens (primary N) is 1. The van der Waals surface area contributed by atoms with E-state index in [2.05, 4.69) is 0 Å². The maximum Gasteiger partial charge on any atom is 0.229 e. The Kier molecular flexibility index (Phi) is 4.74. The summed E-state index contributed by atoms with van der Waals surface area (Å²) in [4.78, 5) is 14.2. The topological polar surface area (TPSA) is 66.6 Å². The molecule has 94 valence electrons. The number of carbonyl (C=O) groups is 1. The highest BCUT2D eigenvalue weighted by molar-refractivity contribution is 5.82. The number of aliphatic hydroxyl groups is 1. The van der Waals surface area contributed by atoms with Crippen molar-refractivity contribution in [3.8, 4) is 0 Å². The van der Waals surface area contributed by atoms with Gasteiger partial charge in [-0.25, -0.2) is 0 Å². The Bertz CT molecular complexity index is 241. The van der Waals surface area contributed by atoms with Crippen LogP contribution < -0.4 is 5.73 Å². The summed E-state index contributed by atoms with van der Waals surface area (Å²) in [5.74, 6) is 0.162. The highest BCUT2D eigenvalue weighted by atomic mass is 16.3. The minimum atomic E-state index is -0.457. The molecule has 0 spiro atoms. The predicted molar refractivity (Wildman–Crippen MR) is 63.9 cm³/mol. The summed E-state index contributed by atoms with van der Waals surface area (Å²) < 4.78 is 0. The fraction of sp³-hybridized carbons (Fsp3) is 0.917. The largest absolute Gasteiger partial charge is 0.396 e. The van der Waals surface area contributed by atoms with Crippen LogP contribution in [-0.4, -0.2) is 41.7 Å². The molecular formula is C12H24N2O2. The zero-order chi connectivity index (χ0) is 12.2. The van der Waals surface area contributed by atoms with Crippen molar-refractivity contribution in [1.82, 2.24) is 4.90 Å². The van der Waals surface area contributed by atoms with E-state index in [9.17, 15) is 4.79 Å². The van der Waals surface area contributed by atoms with Gasteiger partial charge in [0.2, 0.25) is 5.91 Å². The molecule has 0 bridgehead atoms. The number of rotatable bonds is 5. The second-order valence-corrected chi connectivity index (χ2v) is 5.25. The lowest BCUT2D eigenvalue weighted by Gasteiger charge is -2.32. The number of carbonyl (C=O) groups excluding carboxylic acids is 1. The van der Waals surface area contributed by atoms with Gasteiger partial charge in [0.15, 0.2) is 0 Å². The van der Waals surface area contributed by atoms with Gasteiger partial charge < -0.3 is 15.7 Å². The van der Waals surface area contributed by atoms with Crippen molar-refractivity contribution >= 4 is 5.91 Å². The summed E-state index contributed by atoms with van der Waals surface area (Å²) in [5, 5.41) is 8.83. The summed E-state index contributed by atoms with van der Waals surface area (Å²) >= 11 is 0. The maximum absolute atomic E-state index is 12.3. The maximum atomic E-state index is 12.3. The van der Waals surface area contributed by atoms with Crippen molar-refractivity contribution in [2.24, 2.45) is 11.1 Å². The first-order chi connectivity index (χ1) is 7.53. The van der Waals surface area contributed by atoms with Crippen LogP contribution in [0.25, 0.3) is 0 Å². The molecule has 1 atom stereocenters. The van der Waals surface area contributed by atoms with Gasteiger partial charge in [0.05, 0.1) is 5.41 Å². The van der Waals surface area contributed by atoms with Crippen LogP contribution in [0.5, 0.6) is 0 Å². The van der Waals surface area contributed by atoms with E-state index in [1.165, 1.54) is 0 Å². The molecule has 0 radical (unpaired) electrons. The third-order valence-electron chi connectivity index (χ3n) is 3.42. The molecule has 0 saturated carbocycles. The highest BCUT2D eigenvalue weighted by Gasteiger charge is 2.36. The van der Waals surface area contributed by atoms with Crippen LogP contribution in [0.3, 0.4) is 0 Å². The molecule has 1 saturated heterocycles. The molecule has 0 aromatic heterocycles. The summed E-state index contributed by atoms with van der Waals surface area (Å²) in [7, 11) is 0. The highest BCUT2D eigenvalue weighted by Crippen LogP contribution is 2.27. The Morgan fingerprint density at radius 3 is 2.81 bits per heavy atom. The number of likely N-dealkylation sites (tertiary alicyclic amines) is 1. The number of amides is 1. The fourth-order valence-electron chi connectivity index (χ4n) is 2.21. The number of nitrogens with zero attached hydrogens (tertiary/aromatic N) is 1. The van der Waals surface area contributed by atoms with Crippen molar-refractivity contribution in [1.29, 1.82) is 0 Å². The molecule has 1 heterocycles. The van der Waals surface area contributed by atoms with Gasteiger partial charge in [-0.2, -0.15) is 0 Å². The van der Waals surface area contributed by atoms with Crippen LogP contribution in [0.2, 0.25) is 0 Å². The lowest BCUT2D eigenvalue weighted by atomic mass is 9.91. The van der Waals surface area contributed by atoms with Gasteiger partial charge in [-0.05, 0) is 39.5 Å². The summed E-state index contributed by atoms with van der Waals surface area (Å²) in [6.45, 7) is 5.24. The average Bonchev–Trinajstić information content (AvgIpc) is 2.73. The van der Waals surface area contributed by atoms with Crippen molar-refractivity contribution < 1.29 is 9.90 Å². The lowest BCUT2D eigenvalue weighted by Crippen LogP contribution is -2.46. The second-order valence-electron chi connectivity index (χ2n) is 5.25. The molecule has 1 amide bonds. The van der Waals surface area contributed by atoms with Gasteiger partial charge in [0.25, 0.3) is 0 Å². The Labute approximate surface area is 97.8 Å². The van der Waals surface area contributed by atoms with Crippen molar-refractivity contribution in [3.63, 3.8) is 0 Å². The van der Waals surface area contributed by atoms with Crippen molar-refractivity contribution in [2.45, 2.75) is 45.6 Å². The first-order valence-electron chi connectivity index (χ1n) is 6.15. The molecule has 1 rings (SSSR count). The minimum absolute atomic E-state index is 0.162. The van der Waals surface area contributed by atoms with Crippen LogP contribution in [0, 0.1) is 5.41 Å². The van der Waals surface area contributed by atoms with Crippen LogP contribution in [0.15, 0.2) is 0 Å². The van der Waals surface area contributed by atoms with Gasteiger partial charge in [0, 0.05) is 25.7 Å². The molecule has 1 aliphatic heterocycles. The normalized spacial score (nSPS) is 21.5. The van der Waals surface area contributed by atoms with Gasteiger partial charge in [-0.15, -0.1) is 0 Å². The molecule has 4 nitrogen and oxygen atoms in total. The van der Waals surface area contributed by atoms with E-state index in [-0.39, 0.29) is 12.5 Å². The smallest absolute Gasteiger partial charge is 0.229 e. The first kappa shape index (κ1) is 13.5. The Morgan fingerprint density at radius 2 is 2.25 bits per heavy atom. The number of hydrogen-bond acceptors (Lipinski definition) is 3. The van der Waals surface area contributed by atoms with Crippen LogP contribution in [0.4, 0.5) is 0 Å². The van der Waals surface area contributed by atoms with Gasteiger partial charge in [0.1, 0.15) is 0 Å². The van der Waals surface area contributed by atoms with Crippen LogP contribution in [-0.2, 0) is 4.79 Å². The quantitative estimate of drug-likeness (QED) is 0.729. The molecule has 0 aromatic rings. The molecule has 4 heteroatoms. The molecule has 0 aliphatic carbocycles. The summed E-state index contributed by atoms with van der Waals surface area (Å²) in [6.07, 6.45) is 3.81. The Morgan fingerprint density at radius 1 is 1.56 bits per heavy atom. The zero-order valence-corrected chi connectivity index (χ0v) is 10.4. The van der Waals surface area contributed by atoms with Crippen molar-refractivity contribution in [3.05, 3.63) is 0 Å². The zero-order valence-electron chi connectivity index (χ0n) is 10.4. The van der Waals surface area contributed by atoms with E-state index in [0.29, 0.717) is 12.6 Å². The third-order valence-corrected chi connectivity index (χ3v) is 3.42. The first-order valence-corrected chi connectivity index (χ1v) is 6.15. The molecular weight excluding hydrogens is 204 g/mol. The predicted octanol–water partition coefficient (Wildman–Crippen LogP) is 0.735. The van der Waals surface area contributed by atoms with Crippen LogP contribution >= 0.6 is 0 Å². The molecule has 1 unspecified atom stereocenters. The van der Waals surface area contributed by atoms with E-state index in [0.717, 1.165) is 32.2 Å². The van der Waals surface area contributed by atoms with E-state index >= 15 is 0 Å². The van der Waals surface area contributed by atoms with E-state index in [1.54, 1.807) is 0 Å². The summed E-state index contributed by atoms with van der Waals surface area (Å²) in [6, 6.07) is 0.311. The van der Waals surface area contributed by atoms with Gasteiger partial charge in [-0.1, -0.05) is 0 Å². The molecule has 0 aromatic carbocycles. The van der Waals surface area contributed by atoms with E-state index in [1.807, 2.05) is 18.7 Å². The SMILES string of the molecule is CC(C)(CN)C(=O)N1CCCC1CCCO. The third kappa shape index (κ3) is 2.95. The van der Waals surface area contributed by atoms with Gasteiger partial charge in [-0.3, -0.25) is 4.79 Å². The molecule has 1 fully saturated rings.